The van der Waals surface area contributed by atoms with Crippen LogP contribution in [0.1, 0.15) is 10.4 Å². The van der Waals surface area contributed by atoms with Crippen LogP contribution >= 0.6 is 0 Å². The van der Waals surface area contributed by atoms with Crippen LogP contribution in [-0.4, -0.2) is 59.4 Å². The second kappa shape index (κ2) is 6.85. The van der Waals surface area contributed by atoms with E-state index in [1.807, 2.05) is 61.0 Å². The lowest BCUT2D eigenvalue weighted by molar-refractivity contribution is 0.0964. The Labute approximate surface area is 157 Å². The summed E-state index contributed by atoms with van der Waals surface area (Å²) >= 11 is 0. The maximum atomic E-state index is 12.4. The molecule has 0 unspecified atom stereocenters. The lowest BCUT2D eigenvalue weighted by Gasteiger charge is -2.12. The first-order valence-corrected chi connectivity index (χ1v) is 8.90. The topological polar surface area (TPSA) is 74.6 Å². The molecule has 1 aromatic carbocycles. The number of fused-ring (bicyclic) bond motifs is 5. The number of para-hydroxylation sites is 2. The monoisotopic (exact) mass is 362 g/mol. The Morgan fingerprint density at radius 1 is 1.11 bits per heavy atom. The molecule has 4 aromatic rings. The van der Waals surface area contributed by atoms with Crippen molar-refractivity contribution in [3.05, 3.63) is 48.0 Å². The molecule has 4 rings (SSSR count). The number of imidazole rings is 1. The van der Waals surface area contributed by atoms with Gasteiger partial charge in [-0.1, -0.05) is 12.1 Å². The van der Waals surface area contributed by atoms with Crippen molar-refractivity contribution in [1.29, 1.82) is 0 Å². The Hall–Kier alpha value is -3.19. The van der Waals surface area contributed by atoms with Gasteiger partial charge in [-0.3, -0.25) is 9.20 Å². The number of rotatable bonds is 5. The number of amides is 1. The molecule has 0 spiro atoms. The molecule has 0 aliphatic rings. The second-order valence-corrected chi connectivity index (χ2v) is 6.74. The normalized spacial score (nSPS) is 11.6. The third kappa shape index (κ3) is 3.06. The summed E-state index contributed by atoms with van der Waals surface area (Å²) in [6, 6.07) is 13.6. The highest BCUT2D eigenvalue weighted by Gasteiger charge is 2.17. The van der Waals surface area contributed by atoms with Gasteiger partial charge in [0, 0.05) is 25.5 Å². The van der Waals surface area contributed by atoms with Crippen LogP contribution < -0.4 is 10.6 Å². The zero-order valence-electron chi connectivity index (χ0n) is 15.7. The molecule has 0 radical (unpaired) electrons. The van der Waals surface area contributed by atoms with E-state index in [0.29, 0.717) is 11.2 Å². The molecular formula is C20H22N6O. The predicted octanol–water partition coefficient (Wildman–Crippen LogP) is 2.37. The maximum absolute atomic E-state index is 12.4. The van der Waals surface area contributed by atoms with E-state index in [9.17, 15) is 4.79 Å². The molecule has 0 aliphatic heterocycles. The Bertz CT molecular complexity index is 1150. The number of carbonyl (C=O) groups is 1. The molecule has 3 aromatic heterocycles. The van der Waals surface area contributed by atoms with Crippen LogP contribution in [0.2, 0.25) is 0 Å². The zero-order chi connectivity index (χ0) is 19.0. The molecular weight excluding hydrogens is 340 g/mol. The number of benzene rings is 1. The summed E-state index contributed by atoms with van der Waals surface area (Å²) in [5.74, 6) is 0.640. The third-order valence-corrected chi connectivity index (χ3v) is 4.56. The van der Waals surface area contributed by atoms with Gasteiger partial charge in [0.05, 0.1) is 16.6 Å². The fraction of sp³-hybridized carbons (Fsp3) is 0.250. The van der Waals surface area contributed by atoms with Crippen molar-refractivity contribution in [2.45, 2.75) is 0 Å². The molecule has 0 fully saturated rings. The van der Waals surface area contributed by atoms with Gasteiger partial charge in [-0.05, 0) is 44.4 Å². The number of anilines is 1. The Morgan fingerprint density at radius 3 is 2.70 bits per heavy atom. The Balaban J connectivity index is 1.95. The Kier molecular flexibility index (Phi) is 4.37. The smallest absolute Gasteiger partial charge is 0.254 e. The fourth-order valence-corrected chi connectivity index (χ4v) is 3.20. The number of likely N-dealkylation sites (N-methyl/N-ethyl adjacent to an activating group) is 1. The van der Waals surface area contributed by atoms with Crippen molar-refractivity contribution in [3.63, 3.8) is 0 Å². The van der Waals surface area contributed by atoms with Crippen LogP contribution in [0.15, 0.2) is 42.5 Å². The van der Waals surface area contributed by atoms with Gasteiger partial charge in [0.25, 0.3) is 5.91 Å². The van der Waals surface area contributed by atoms with Crippen LogP contribution in [0.25, 0.3) is 27.7 Å². The van der Waals surface area contributed by atoms with Crippen LogP contribution in [0.4, 0.5) is 5.82 Å². The maximum Gasteiger partial charge on any atom is 0.254 e. The standard InChI is InChI=1S/C20H22N6O/c1-21-20(27)14-12-13-8-9-17(22-10-11-25(2)3)24-18(13)26-16-7-5-4-6-15(16)23-19(14)26/h4-9,12H,10-11H2,1-3H3,(H,21,27)(H,22,24). The summed E-state index contributed by atoms with van der Waals surface area (Å²) in [4.78, 5) is 24.0. The van der Waals surface area contributed by atoms with Crippen molar-refractivity contribution in [2.24, 2.45) is 0 Å². The van der Waals surface area contributed by atoms with Crippen molar-refractivity contribution in [2.75, 3.05) is 39.5 Å². The van der Waals surface area contributed by atoms with E-state index in [4.69, 9.17) is 4.98 Å². The van der Waals surface area contributed by atoms with E-state index in [1.54, 1.807) is 7.05 Å². The molecule has 0 saturated heterocycles. The molecule has 138 valence electrons. The molecule has 7 heteroatoms. The van der Waals surface area contributed by atoms with Gasteiger partial charge < -0.3 is 15.5 Å². The van der Waals surface area contributed by atoms with E-state index in [2.05, 4.69) is 20.5 Å². The van der Waals surface area contributed by atoms with E-state index < -0.39 is 0 Å². The van der Waals surface area contributed by atoms with Crippen LogP contribution in [0.5, 0.6) is 0 Å². The number of pyridine rings is 2. The average Bonchev–Trinajstić information content (AvgIpc) is 3.06. The van der Waals surface area contributed by atoms with Crippen molar-refractivity contribution < 1.29 is 4.79 Å². The molecule has 0 saturated carbocycles. The molecule has 0 atom stereocenters. The minimum Gasteiger partial charge on any atom is -0.369 e. The zero-order valence-corrected chi connectivity index (χ0v) is 15.7. The summed E-state index contributed by atoms with van der Waals surface area (Å²) in [7, 11) is 5.70. The lowest BCUT2D eigenvalue weighted by atomic mass is 10.2. The number of carbonyl (C=O) groups excluding carboxylic acids is 1. The van der Waals surface area contributed by atoms with Crippen LogP contribution in [0, 0.1) is 0 Å². The second-order valence-electron chi connectivity index (χ2n) is 6.74. The SMILES string of the molecule is CNC(=O)c1cc2ccc(NCCN(C)C)nc2n2c1nc1ccccc12. The number of hydrogen-bond acceptors (Lipinski definition) is 5. The lowest BCUT2D eigenvalue weighted by Crippen LogP contribution is -2.21. The largest absolute Gasteiger partial charge is 0.369 e. The first-order chi connectivity index (χ1) is 13.1. The fourth-order valence-electron chi connectivity index (χ4n) is 3.20. The van der Waals surface area contributed by atoms with Crippen LogP contribution in [-0.2, 0) is 0 Å². The van der Waals surface area contributed by atoms with Crippen molar-refractivity contribution in [1.82, 2.24) is 24.6 Å². The number of hydrogen-bond donors (Lipinski definition) is 2. The van der Waals surface area contributed by atoms with E-state index >= 15 is 0 Å². The molecule has 1 amide bonds. The molecule has 3 heterocycles. The minimum absolute atomic E-state index is 0.162. The third-order valence-electron chi connectivity index (χ3n) is 4.56. The highest BCUT2D eigenvalue weighted by atomic mass is 16.1. The van der Waals surface area contributed by atoms with E-state index in [0.717, 1.165) is 41.0 Å². The summed E-state index contributed by atoms with van der Waals surface area (Å²) in [6.45, 7) is 1.72. The summed E-state index contributed by atoms with van der Waals surface area (Å²) in [5, 5.41) is 6.95. The number of aromatic nitrogens is 3. The molecule has 2 N–H and O–H groups in total. The van der Waals surface area contributed by atoms with Gasteiger partial charge in [0.1, 0.15) is 11.5 Å². The van der Waals surface area contributed by atoms with E-state index in [-0.39, 0.29) is 5.91 Å². The van der Waals surface area contributed by atoms with Gasteiger partial charge >= 0.3 is 0 Å². The first kappa shape index (κ1) is 17.2. The van der Waals surface area contributed by atoms with Gasteiger partial charge in [-0.25, -0.2) is 9.97 Å². The van der Waals surface area contributed by atoms with Gasteiger partial charge in [0.2, 0.25) is 0 Å². The van der Waals surface area contributed by atoms with E-state index in [1.165, 1.54) is 0 Å². The van der Waals surface area contributed by atoms with Gasteiger partial charge in [0.15, 0.2) is 5.65 Å². The number of nitrogens with one attached hydrogen (secondary N) is 2. The summed E-state index contributed by atoms with van der Waals surface area (Å²) in [5.41, 5.74) is 3.70. The molecule has 7 nitrogen and oxygen atoms in total. The minimum atomic E-state index is -0.162. The highest BCUT2D eigenvalue weighted by molar-refractivity contribution is 6.05. The predicted molar refractivity (Wildman–Crippen MR) is 108 cm³/mol. The molecule has 27 heavy (non-hydrogen) atoms. The van der Waals surface area contributed by atoms with Gasteiger partial charge in [-0.15, -0.1) is 0 Å². The van der Waals surface area contributed by atoms with Crippen molar-refractivity contribution >= 4 is 39.4 Å². The van der Waals surface area contributed by atoms with Gasteiger partial charge in [-0.2, -0.15) is 0 Å². The Morgan fingerprint density at radius 2 is 1.93 bits per heavy atom. The van der Waals surface area contributed by atoms with Crippen LogP contribution in [0.3, 0.4) is 0 Å². The average molecular weight is 362 g/mol. The summed E-state index contributed by atoms with van der Waals surface area (Å²) < 4.78 is 1.96. The highest BCUT2D eigenvalue weighted by Crippen LogP contribution is 2.26. The first-order valence-electron chi connectivity index (χ1n) is 8.90. The number of nitrogens with zero attached hydrogens (tertiary/aromatic N) is 4. The summed E-state index contributed by atoms with van der Waals surface area (Å²) in [6.07, 6.45) is 0. The molecule has 0 bridgehead atoms. The quantitative estimate of drug-likeness (QED) is 0.570. The van der Waals surface area contributed by atoms with Crippen molar-refractivity contribution in [3.8, 4) is 0 Å². The molecule has 0 aliphatic carbocycles.